The quantitative estimate of drug-likeness (QED) is 0.131. The zero-order valence-electron chi connectivity index (χ0n) is 24.7. The van der Waals surface area contributed by atoms with Gasteiger partial charge in [0.15, 0.2) is 11.5 Å². The number of allylic oxidation sites excluding steroid dienone is 5. The van der Waals surface area contributed by atoms with Crippen LogP contribution in [0.4, 0.5) is 11.4 Å². The van der Waals surface area contributed by atoms with E-state index in [2.05, 4.69) is 24.3 Å². The van der Waals surface area contributed by atoms with Crippen LogP contribution in [0.15, 0.2) is 72.4 Å². The second-order valence-corrected chi connectivity index (χ2v) is 13.3. The average Bonchev–Trinajstić information content (AvgIpc) is 3.84. The summed E-state index contributed by atoms with van der Waals surface area (Å²) in [4.78, 5) is 39.7. The molecule has 1 saturated carbocycles. The van der Waals surface area contributed by atoms with Crippen molar-refractivity contribution in [2.24, 2.45) is 29.6 Å². The lowest BCUT2D eigenvalue weighted by Gasteiger charge is -2.45. The highest BCUT2D eigenvalue weighted by molar-refractivity contribution is 5.83. The molecule has 4 bridgehead atoms. The van der Waals surface area contributed by atoms with E-state index < -0.39 is 28.0 Å². The highest BCUT2D eigenvalue weighted by atomic mass is 16.6. The van der Waals surface area contributed by atoms with Gasteiger partial charge in [-0.25, -0.2) is 0 Å². The van der Waals surface area contributed by atoms with E-state index in [1.165, 1.54) is 12.1 Å². The van der Waals surface area contributed by atoms with Gasteiger partial charge in [0.05, 0.1) is 28.2 Å². The number of carbonyl (C=O) groups excluding carboxylic acids is 2. The van der Waals surface area contributed by atoms with E-state index in [0.29, 0.717) is 23.7 Å². The molecule has 0 saturated heterocycles. The summed E-state index contributed by atoms with van der Waals surface area (Å²) in [7, 11) is 1.92. The Hall–Kier alpha value is -4.66. The van der Waals surface area contributed by atoms with Crippen LogP contribution in [-0.2, 0) is 15.0 Å². The number of non-ortho nitro benzene ring substituents is 1. The minimum Gasteiger partial charge on any atom is -0.459 e. The van der Waals surface area contributed by atoms with Gasteiger partial charge in [-0.05, 0) is 92.4 Å². The first-order chi connectivity index (χ1) is 21.0. The van der Waals surface area contributed by atoms with E-state index >= 15 is 0 Å². The molecule has 2 aromatic carbocycles. The zero-order chi connectivity index (χ0) is 30.5. The van der Waals surface area contributed by atoms with E-state index in [9.17, 15) is 19.7 Å². The van der Waals surface area contributed by atoms with Crippen LogP contribution >= 0.6 is 0 Å². The van der Waals surface area contributed by atoms with Crippen molar-refractivity contribution in [3.8, 4) is 17.2 Å². The number of rotatable bonds is 5. The van der Waals surface area contributed by atoms with Gasteiger partial charge >= 0.3 is 11.9 Å². The molecule has 6 atom stereocenters. The van der Waals surface area contributed by atoms with Crippen molar-refractivity contribution >= 4 is 29.4 Å². The van der Waals surface area contributed by atoms with Crippen LogP contribution in [0.5, 0.6) is 17.2 Å². The van der Waals surface area contributed by atoms with Crippen molar-refractivity contribution in [1.29, 1.82) is 0 Å². The molecule has 0 amide bonds. The molecule has 5 unspecified atom stereocenters. The fourth-order valence-electron chi connectivity index (χ4n) is 8.13. The Bertz CT molecular complexity index is 1780. The molecule has 4 aliphatic carbocycles. The fraction of sp³-hybridized carbons (Fsp3) is 0.371. The third kappa shape index (κ3) is 3.77. The number of likely N-dealkylation sites (N-methyl/N-ethyl adjacent to an activating group) is 1. The molecular formula is C35H32N2O7. The maximum absolute atomic E-state index is 13.3. The Labute approximate surface area is 254 Å². The topological polar surface area (TPSA) is 108 Å². The lowest BCUT2D eigenvalue weighted by Crippen LogP contribution is -2.58. The third-order valence-corrected chi connectivity index (χ3v) is 10.6. The lowest BCUT2D eigenvalue weighted by atomic mass is 9.76. The number of benzene rings is 2. The highest BCUT2D eigenvalue weighted by Crippen LogP contribution is 2.57. The zero-order valence-corrected chi connectivity index (χ0v) is 24.7. The molecule has 6 aliphatic rings. The molecule has 9 nitrogen and oxygen atoms in total. The van der Waals surface area contributed by atoms with Crippen LogP contribution < -0.4 is 19.1 Å². The van der Waals surface area contributed by atoms with Crippen molar-refractivity contribution in [3.63, 3.8) is 0 Å². The summed E-state index contributed by atoms with van der Waals surface area (Å²) >= 11 is 0. The van der Waals surface area contributed by atoms with Crippen LogP contribution in [0.1, 0.15) is 44.2 Å². The van der Waals surface area contributed by atoms with Crippen molar-refractivity contribution in [3.05, 3.63) is 93.6 Å². The Kier molecular flexibility index (Phi) is 5.61. The summed E-state index contributed by atoms with van der Waals surface area (Å²) in [5.74, 6) is 0.519. The summed E-state index contributed by atoms with van der Waals surface area (Å²) in [6.45, 7) is 4.09. The number of ether oxygens (including phenoxy) is 3. The summed E-state index contributed by atoms with van der Waals surface area (Å²) in [6.07, 6.45) is 16.6. The number of anilines is 1. The Morgan fingerprint density at radius 2 is 1.86 bits per heavy atom. The Morgan fingerprint density at radius 1 is 1.02 bits per heavy atom. The molecule has 0 aromatic heterocycles. The van der Waals surface area contributed by atoms with Gasteiger partial charge in [0.2, 0.25) is 5.72 Å². The van der Waals surface area contributed by atoms with Gasteiger partial charge in [-0.2, -0.15) is 0 Å². The molecule has 1 spiro atoms. The first-order valence-electron chi connectivity index (χ1n) is 15.1. The Balaban J connectivity index is 1.11. The summed E-state index contributed by atoms with van der Waals surface area (Å²) in [5, 5.41) is 11.8. The predicted molar refractivity (Wildman–Crippen MR) is 162 cm³/mol. The number of hydrogen-bond acceptors (Lipinski definition) is 8. The van der Waals surface area contributed by atoms with Gasteiger partial charge in [-0.3, -0.25) is 19.7 Å². The summed E-state index contributed by atoms with van der Waals surface area (Å²) in [5.41, 5.74) is 1.26. The molecule has 2 heterocycles. The number of esters is 2. The Morgan fingerprint density at radius 3 is 2.55 bits per heavy atom. The van der Waals surface area contributed by atoms with Gasteiger partial charge in [0.25, 0.3) is 5.69 Å². The minimum atomic E-state index is -1.06. The average molecular weight is 593 g/mol. The molecule has 9 heteroatoms. The maximum Gasteiger partial charge on any atom is 0.318 e. The second kappa shape index (κ2) is 9.17. The van der Waals surface area contributed by atoms with Crippen molar-refractivity contribution in [1.82, 2.24) is 0 Å². The molecular weight excluding hydrogens is 560 g/mol. The van der Waals surface area contributed by atoms with Crippen LogP contribution in [-0.4, -0.2) is 29.6 Å². The highest BCUT2D eigenvalue weighted by Gasteiger charge is 2.58. The van der Waals surface area contributed by atoms with Crippen molar-refractivity contribution in [2.45, 2.75) is 44.2 Å². The van der Waals surface area contributed by atoms with Crippen LogP contribution in [0.3, 0.4) is 0 Å². The number of hydrogen-bond donors (Lipinski definition) is 0. The normalized spacial score (nSPS) is 30.8. The molecule has 0 N–H and O–H groups in total. The summed E-state index contributed by atoms with van der Waals surface area (Å²) < 4.78 is 18.6. The molecule has 2 aliphatic heterocycles. The monoisotopic (exact) mass is 592 g/mol. The fourth-order valence-corrected chi connectivity index (χ4v) is 8.13. The molecule has 2 aromatic rings. The minimum absolute atomic E-state index is 0.0185. The van der Waals surface area contributed by atoms with Crippen molar-refractivity contribution in [2.75, 3.05) is 11.9 Å². The van der Waals surface area contributed by atoms with E-state index in [0.717, 1.165) is 29.7 Å². The predicted octanol–water partition coefficient (Wildman–Crippen LogP) is 6.28. The smallest absolute Gasteiger partial charge is 0.318 e. The van der Waals surface area contributed by atoms with E-state index in [1.807, 2.05) is 50.1 Å². The molecule has 224 valence electrons. The molecule has 0 radical (unpaired) electrons. The number of fused-ring (bicyclic) bond motifs is 5. The standard InChI is InChI=1S/C35H32N2O7/c1-34(2)28-18-25(42-32(38)26-14-19-4-6-21(26)12-19)8-9-29(28)36(3)35(34)11-10-23-16-24(37(40)41)17-30(31(23)44-35)43-33(39)27-15-20-5-7-22(27)13-20/h4-11,13,16-21,26-27H,12,14-15H2,1-3H3/t19?,20?,21?,26?,27?,35-/m1/s1. The van der Waals surface area contributed by atoms with Crippen LogP contribution in [0.25, 0.3) is 6.08 Å². The SMILES string of the molecule is CN1c2ccc(OC(=O)C3CC4C=CC3C4)cc2C(C)(C)[C@]12C=Cc1cc([N+](=O)[O-])cc(OC(=O)C3CC4C=CC3=C4)c1O2. The largest absolute Gasteiger partial charge is 0.459 e. The first kappa shape index (κ1) is 26.9. The molecule has 8 rings (SSSR count). The van der Waals surface area contributed by atoms with Crippen LogP contribution in [0, 0.1) is 39.7 Å². The summed E-state index contributed by atoms with van der Waals surface area (Å²) in [6, 6.07) is 8.33. The van der Waals surface area contributed by atoms with Crippen molar-refractivity contribution < 1.29 is 28.7 Å². The van der Waals surface area contributed by atoms with E-state index in [-0.39, 0.29) is 40.9 Å². The van der Waals surface area contributed by atoms with Gasteiger partial charge in [-0.1, -0.05) is 30.4 Å². The molecule has 1 fully saturated rings. The first-order valence-corrected chi connectivity index (χ1v) is 15.1. The number of carbonyl (C=O) groups is 2. The van der Waals surface area contributed by atoms with Gasteiger partial charge < -0.3 is 19.1 Å². The molecule has 44 heavy (non-hydrogen) atoms. The lowest BCUT2D eigenvalue weighted by molar-refractivity contribution is -0.385. The third-order valence-electron chi connectivity index (χ3n) is 10.6. The van der Waals surface area contributed by atoms with Gasteiger partial charge in [-0.15, -0.1) is 0 Å². The van der Waals surface area contributed by atoms with E-state index in [4.69, 9.17) is 14.2 Å². The van der Waals surface area contributed by atoms with E-state index in [1.54, 1.807) is 12.1 Å². The van der Waals surface area contributed by atoms with Gasteiger partial charge in [0, 0.05) is 24.4 Å². The second-order valence-electron chi connectivity index (χ2n) is 13.3. The number of nitro benzene ring substituents is 1. The number of nitro groups is 1. The van der Waals surface area contributed by atoms with Crippen LogP contribution in [0.2, 0.25) is 0 Å². The van der Waals surface area contributed by atoms with Gasteiger partial charge in [0.1, 0.15) is 5.75 Å². The number of nitrogens with zero attached hydrogens (tertiary/aromatic N) is 2. The maximum atomic E-state index is 13.3.